The molecule has 1 saturated carbocycles. The molecule has 1 heterocycles. The van der Waals surface area contributed by atoms with Gasteiger partial charge in [0.1, 0.15) is 5.82 Å². The number of nitrogens with zero attached hydrogens (tertiary/aromatic N) is 2. The summed E-state index contributed by atoms with van der Waals surface area (Å²) in [5.41, 5.74) is 0. The molecule has 0 atom stereocenters. The monoisotopic (exact) mass is 218 g/mol. The predicted octanol–water partition coefficient (Wildman–Crippen LogP) is 2.62. The third-order valence-corrected chi connectivity index (χ3v) is 2.66. The lowest BCUT2D eigenvalue weighted by Crippen LogP contribution is -2.34. The number of carbonyl (C=O) groups excluding carboxylic acids is 1. The minimum atomic E-state index is 0.205. The lowest BCUT2D eigenvalue weighted by Gasteiger charge is -2.22. The summed E-state index contributed by atoms with van der Waals surface area (Å²) in [6.45, 7) is 4.14. The van der Waals surface area contributed by atoms with Crippen molar-refractivity contribution in [1.29, 1.82) is 0 Å². The summed E-state index contributed by atoms with van der Waals surface area (Å²) in [5.74, 6) is 1.41. The van der Waals surface area contributed by atoms with Crippen molar-refractivity contribution in [3.63, 3.8) is 0 Å². The van der Waals surface area contributed by atoms with Crippen molar-refractivity contribution in [2.45, 2.75) is 39.2 Å². The highest BCUT2D eigenvalue weighted by Crippen LogP contribution is 2.31. The van der Waals surface area contributed by atoms with Crippen LogP contribution in [-0.2, 0) is 4.79 Å². The van der Waals surface area contributed by atoms with Crippen LogP contribution in [0.5, 0.6) is 0 Å². The van der Waals surface area contributed by atoms with Gasteiger partial charge in [-0.15, -0.1) is 0 Å². The molecule has 16 heavy (non-hydrogen) atoms. The molecule has 1 aromatic rings. The average Bonchev–Trinajstić information content (AvgIpc) is 3.03. The maximum atomic E-state index is 12.1. The van der Waals surface area contributed by atoms with Crippen LogP contribution in [0, 0.1) is 5.92 Å². The molecule has 86 valence electrons. The summed E-state index contributed by atoms with van der Waals surface area (Å²) >= 11 is 0. The van der Waals surface area contributed by atoms with Crippen LogP contribution in [0.2, 0.25) is 0 Å². The SMILES string of the molecule is CC(C)CC(=O)N(c1ccccn1)C1CC1. The Labute approximate surface area is 96.5 Å². The van der Waals surface area contributed by atoms with E-state index in [0.717, 1.165) is 18.7 Å². The summed E-state index contributed by atoms with van der Waals surface area (Å²) in [5, 5.41) is 0. The number of carbonyl (C=O) groups is 1. The van der Waals surface area contributed by atoms with Gasteiger partial charge in [-0.2, -0.15) is 0 Å². The zero-order valence-corrected chi connectivity index (χ0v) is 9.89. The Kier molecular flexibility index (Phi) is 3.22. The van der Waals surface area contributed by atoms with Gasteiger partial charge in [0.2, 0.25) is 5.91 Å². The number of aromatic nitrogens is 1. The van der Waals surface area contributed by atoms with Crippen LogP contribution in [0.4, 0.5) is 5.82 Å². The molecule has 1 aliphatic rings. The Balaban J connectivity index is 2.14. The molecule has 3 nitrogen and oxygen atoms in total. The molecule has 0 saturated heterocycles. The van der Waals surface area contributed by atoms with Crippen LogP contribution < -0.4 is 4.90 Å². The van der Waals surface area contributed by atoms with Gasteiger partial charge in [0, 0.05) is 18.7 Å². The van der Waals surface area contributed by atoms with Crippen LogP contribution in [0.3, 0.4) is 0 Å². The van der Waals surface area contributed by atoms with Crippen molar-refractivity contribution in [3.8, 4) is 0 Å². The first kappa shape index (κ1) is 11.1. The maximum Gasteiger partial charge on any atom is 0.228 e. The maximum absolute atomic E-state index is 12.1. The molecule has 0 radical (unpaired) electrons. The van der Waals surface area contributed by atoms with Crippen molar-refractivity contribution in [2.24, 2.45) is 5.92 Å². The topological polar surface area (TPSA) is 33.2 Å². The zero-order valence-electron chi connectivity index (χ0n) is 9.89. The standard InChI is InChI=1S/C13H18N2O/c1-10(2)9-13(16)15(11-6-7-11)12-5-3-4-8-14-12/h3-5,8,10-11H,6-7,9H2,1-2H3. The van der Waals surface area contributed by atoms with Gasteiger partial charge in [-0.3, -0.25) is 9.69 Å². The fourth-order valence-electron chi connectivity index (χ4n) is 1.80. The van der Waals surface area contributed by atoms with Crippen molar-refractivity contribution in [1.82, 2.24) is 4.98 Å². The van der Waals surface area contributed by atoms with Gasteiger partial charge in [-0.25, -0.2) is 4.98 Å². The second kappa shape index (κ2) is 4.64. The first-order valence-corrected chi connectivity index (χ1v) is 5.91. The third-order valence-electron chi connectivity index (χ3n) is 2.66. The molecular weight excluding hydrogens is 200 g/mol. The molecule has 1 fully saturated rings. The van der Waals surface area contributed by atoms with Gasteiger partial charge in [-0.05, 0) is 30.9 Å². The number of pyridine rings is 1. The Morgan fingerprint density at radius 2 is 2.25 bits per heavy atom. The molecule has 0 spiro atoms. The molecule has 0 aliphatic heterocycles. The quantitative estimate of drug-likeness (QED) is 0.778. The van der Waals surface area contributed by atoms with E-state index < -0.39 is 0 Å². The summed E-state index contributed by atoms with van der Waals surface area (Å²) in [4.78, 5) is 18.3. The zero-order chi connectivity index (χ0) is 11.5. The third kappa shape index (κ3) is 2.60. The molecule has 0 unspecified atom stereocenters. The van der Waals surface area contributed by atoms with E-state index in [1.165, 1.54) is 0 Å². The number of anilines is 1. The minimum Gasteiger partial charge on any atom is -0.294 e. The van der Waals surface area contributed by atoms with E-state index in [4.69, 9.17) is 0 Å². The van der Waals surface area contributed by atoms with E-state index in [1.807, 2.05) is 23.1 Å². The Morgan fingerprint density at radius 1 is 1.50 bits per heavy atom. The van der Waals surface area contributed by atoms with Gasteiger partial charge in [-0.1, -0.05) is 19.9 Å². The highest BCUT2D eigenvalue weighted by atomic mass is 16.2. The van der Waals surface area contributed by atoms with Gasteiger partial charge in [0.05, 0.1) is 0 Å². The number of hydrogen-bond donors (Lipinski definition) is 0. The normalized spacial score (nSPS) is 15.2. The van der Waals surface area contributed by atoms with Crippen LogP contribution in [0.1, 0.15) is 33.1 Å². The first-order valence-electron chi connectivity index (χ1n) is 5.91. The second-order valence-electron chi connectivity index (χ2n) is 4.78. The van der Waals surface area contributed by atoms with Crippen LogP contribution in [0.25, 0.3) is 0 Å². The number of hydrogen-bond acceptors (Lipinski definition) is 2. The molecule has 1 aliphatic carbocycles. The van der Waals surface area contributed by atoms with E-state index in [0.29, 0.717) is 18.4 Å². The van der Waals surface area contributed by atoms with Gasteiger partial charge in [0.25, 0.3) is 0 Å². The number of amides is 1. The molecule has 0 bridgehead atoms. The van der Waals surface area contributed by atoms with Crippen LogP contribution in [0.15, 0.2) is 24.4 Å². The molecule has 2 rings (SSSR count). The van der Waals surface area contributed by atoms with Crippen molar-refractivity contribution in [2.75, 3.05) is 4.90 Å². The van der Waals surface area contributed by atoms with Crippen LogP contribution in [-0.4, -0.2) is 16.9 Å². The summed E-state index contributed by atoms with van der Waals surface area (Å²) in [6.07, 6.45) is 4.57. The molecular formula is C13H18N2O. The largest absolute Gasteiger partial charge is 0.294 e. The van der Waals surface area contributed by atoms with E-state index in [-0.39, 0.29) is 5.91 Å². The molecule has 1 aromatic heterocycles. The Morgan fingerprint density at radius 3 is 2.75 bits per heavy atom. The fourth-order valence-corrected chi connectivity index (χ4v) is 1.80. The lowest BCUT2D eigenvalue weighted by atomic mass is 10.1. The van der Waals surface area contributed by atoms with E-state index in [9.17, 15) is 4.79 Å². The summed E-state index contributed by atoms with van der Waals surface area (Å²) < 4.78 is 0. The summed E-state index contributed by atoms with van der Waals surface area (Å²) in [6, 6.07) is 6.11. The molecule has 3 heteroatoms. The number of rotatable bonds is 4. The highest BCUT2D eigenvalue weighted by Gasteiger charge is 2.34. The van der Waals surface area contributed by atoms with E-state index >= 15 is 0 Å². The summed E-state index contributed by atoms with van der Waals surface area (Å²) in [7, 11) is 0. The molecule has 0 aromatic carbocycles. The van der Waals surface area contributed by atoms with Crippen molar-refractivity contribution in [3.05, 3.63) is 24.4 Å². The average molecular weight is 218 g/mol. The molecule has 1 amide bonds. The first-order chi connectivity index (χ1) is 7.68. The lowest BCUT2D eigenvalue weighted by molar-refractivity contribution is -0.119. The van der Waals surface area contributed by atoms with Crippen LogP contribution >= 0.6 is 0 Å². The van der Waals surface area contributed by atoms with Crippen molar-refractivity contribution >= 4 is 11.7 Å². The van der Waals surface area contributed by atoms with Crippen molar-refractivity contribution < 1.29 is 4.79 Å². The van der Waals surface area contributed by atoms with Gasteiger partial charge in [0.15, 0.2) is 0 Å². The fraction of sp³-hybridized carbons (Fsp3) is 0.538. The Hall–Kier alpha value is -1.38. The highest BCUT2D eigenvalue weighted by molar-refractivity contribution is 5.93. The predicted molar refractivity (Wildman–Crippen MR) is 64.2 cm³/mol. The smallest absolute Gasteiger partial charge is 0.228 e. The molecule has 0 N–H and O–H groups in total. The van der Waals surface area contributed by atoms with E-state index in [1.54, 1.807) is 6.20 Å². The van der Waals surface area contributed by atoms with E-state index in [2.05, 4.69) is 18.8 Å². The Bertz CT molecular complexity index is 357. The van der Waals surface area contributed by atoms with Gasteiger partial charge >= 0.3 is 0 Å². The second-order valence-corrected chi connectivity index (χ2v) is 4.78. The minimum absolute atomic E-state index is 0.205. The van der Waals surface area contributed by atoms with Gasteiger partial charge < -0.3 is 0 Å².